The van der Waals surface area contributed by atoms with E-state index in [1.165, 1.54) is 11.0 Å². The van der Waals surface area contributed by atoms with Gasteiger partial charge in [0.15, 0.2) is 15.1 Å². The van der Waals surface area contributed by atoms with Crippen molar-refractivity contribution in [2.45, 2.75) is 63.0 Å². The molecule has 28 heavy (non-hydrogen) atoms. The van der Waals surface area contributed by atoms with Crippen molar-refractivity contribution in [1.82, 2.24) is 4.90 Å². The minimum atomic E-state index is -5.86. The molecule has 0 spiro atoms. The molecule has 0 N–H and O–H groups in total. The maximum absolute atomic E-state index is 13.0. The quantitative estimate of drug-likeness (QED) is 0.618. The van der Waals surface area contributed by atoms with Crippen LogP contribution in [0.4, 0.5) is 26.7 Å². The summed E-state index contributed by atoms with van der Waals surface area (Å²) < 4.78 is 92.3. The molecule has 0 saturated carbocycles. The summed E-state index contributed by atoms with van der Waals surface area (Å²) in [6.45, 7) is 5.20. The highest BCUT2D eigenvalue weighted by molar-refractivity contribution is 7.92. The van der Waals surface area contributed by atoms with Crippen LogP contribution in [-0.2, 0) is 14.6 Å². The van der Waals surface area contributed by atoms with Gasteiger partial charge in [0.05, 0.1) is 11.8 Å². The molecule has 1 rings (SSSR count). The van der Waals surface area contributed by atoms with Crippen molar-refractivity contribution in [2.24, 2.45) is 5.92 Å². The minimum absolute atomic E-state index is 0.0893. The summed E-state index contributed by atoms with van der Waals surface area (Å²) in [6.07, 6.45) is -8.22. The second kappa shape index (κ2) is 8.39. The predicted molar refractivity (Wildman–Crippen MR) is 89.3 cm³/mol. The van der Waals surface area contributed by atoms with Crippen LogP contribution in [0.5, 0.6) is 0 Å². The number of halogens is 5. The Morgan fingerprint density at radius 3 is 2.07 bits per heavy atom. The Hall–Kier alpha value is -1.64. The number of rotatable bonds is 5. The first-order chi connectivity index (χ1) is 12.5. The highest BCUT2D eigenvalue weighted by Crippen LogP contribution is 2.39. The molecule has 6 nitrogen and oxygen atoms in total. The number of hydrogen-bond acceptors (Lipinski definition) is 5. The molecule has 0 bridgehead atoms. The van der Waals surface area contributed by atoms with Crippen LogP contribution < -0.4 is 0 Å². The van der Waals surface area contributed by atoms with Gasteiger partial charge in [0.25, 0.3) is 0 Å². The van der Waals surface area contributed by atoms with Crippen molar-refractivity contribution in [2.75, 3.05) is 18.8 Å². The summed E-state index contributed by atoms with van der Waals surface area (Å²) in [6, 6.07) is 1.52. The van der Waals surface area contributed by atoms with Crippen molar-refractivity contribution < 1.29 is 39.9 Å². The zero-order valence-corrected chi connectivity index (χ0v) is 16.5. The Morgan fingerprint density at radius 2 is 1.68 bits per heavy atom. The second-order valence-corrected chi connectivity index (χ2v) is 9.92. The van der Waals surface area contributed by atoms with E-state index in [-0.39, 0.29) is 25.9 Å². The van der Waals surface area contributed by atoms with Crippen molar-refractivity contribution >= 4 is 15.9 Å². The largest absolute Gasteiger partial charge is 0.453 e. The average Bonchev–Trinajstić information content (AvgIpc) is 2.51. The van der Waals surface area contributed by atoms with Gasteiger partial charge in [-0.1, -0.05) is 0 Å². The van der Waals surface area contributed by atoms with Gasteiger partial charge in [0, 0.05) is 19.5 Å². The van der Waals surface area contributed by atoms with Crippen molar-refractivity contribution in [1.29, 1.82) is 5.26 Å². The summed E-state index contributed by atoms with van der Waals surface area (Å²) in [4.78, 5) is 13.3. The van der Waals surface area contributed by atoms with E-state index in [4.69, 9.17) is 4.74 Å². The SMILES string of the molecule is CC(C)(C)OC(=O)N1CCC(C(C#N)S(=O)(=O)CCC(F)(F)C(F)(F)F)CC1. The van der Waals surface area contributed by atoms with Crippen LogP contribution in [0.15, 0.2) is 0 Å². The van der Waals surface area contributed by atoms with Gasteiger partial charge in [-0.05, 0) is 39.5 Å². The first-order valence-electron chi connectivity index (χ1n) is 8.54. The van der Waals surface area contributed by atoms with E-state index < -0.39 is 57.0 Å². The monoisotopic (exact) mass is 434 g/mol. The van der Waals surface area contributed by atoms with E-state index >= 15 is 0 Å². The Balaban J connectivity index is 2.74. The second-order valence-electron chi connectivity index (χ2n) is 7.67. The molecule has 162 valence electrons. The Bertz CT molecular complexity index is 702. The van der Waals surface area contributed by atoms with Gasteiger partial charge >= 0.3 is 18.2 Å². The molecular weight excluding hydrogens is 411 g/mol. The Morgan fingerprint density at radius 1 is 1.18 bits per heavy atom. The van der Waals surface area contributed by atoms with Gasteiger partial charge in [0.1, 0.15) is 5.60 Å². The molecule has 12 heteroatoms. The lowest BCUT2D eigenvalue weighted by Crippen LogP contribution is -2.45. The van der Waals surface area contributed by atoms with E-state index in [2.05, 4.69) is 0 Å². The standard InChI is InChI=1S/C16H23F5N2O4S/c1-14(2,3)27-13(24)23-7-4-11(5-8-23)12(10-22)28(25,26)9-6-15(17,18)16(19,20)21/h11-12H,4-9H2,1-3H3. The number of alkyl halides is 5. The summed E-state index contributed by atoms with van der Waals surface area (Å²) in [5.41, 5.74) is -0.726. The maximum Gasteiger partial charge on any atom is 0.453 e. The number of piperidine rings is 1. The highest BCUT2D eigenvalue weighted by atomic mass is 32.2. The first kappa shape index (κ1) is 24.4. The van der Waals surface area contributed by atoms with Gasteiger partial charge in [-0.25, -0.2) is 13.2 Å². The molecule has 0 aromatic heterocycles. The summed E-state index contributed by atoms with van der Waals surface area (Å²) in [5.74, 6) is -7.38. The third-order valence-corrected chi connectivity index (χ3v) is 6.29. The van der Waals surface area contributed by atoms with E-state index in [0.717, 1.165) is 0 Å². The number of sulfone groups is 1. The molecular formula is C16H23F5N2O4S. The topological polar surface area (TPSA) is 87.5 Å². The molecule has 0 radical (unpaired) electrons. The number of nitriles is 1. The predicted octanol–water partition coefficient (Wildman–Crippen LogP) is 3.53. The lowest BCUT2D eigenvalue weighted by molar-refractivity contribution is -0.282. The van der Waals surface area contributed by atoms with Crippen LogP contribution in [0.25, 0.3) is 0 Å². The molecule has 1 fully saturated rings. The Labute approximate surface area is 160 Å². The normalized spacial score (nSPS) is 18.5. The number of hydrogen-bond donors (Lipinski definition) is 0. The van der Waals surface area contributed by atoms with Crippen molar-refractivity contribution in [3.8, 4) is 6.07 Å². The highest BCUT2D eigenvalue weighted by Gasteiger charge is 2.57. The smallest absolute Gasteiger partial charge is 0.444 e. The summed E-state index contributed by atoms with van der Waals surface area (Å²) >= 11 is 0. The fourth-order valence-corrected chi connectivity index (χ4v) is 4.54. The molecule has 1 aliphatic rings. The van der Waals surface area contributed by atoms with Crippen LogP contribution in [0.3, 0.4) is 0 Å². The number of carbonyl (C=O) groups excluding carboxylic acids is 1. The molecule has 1 amide bonds. The van der Waals surface area contributed by atoms with Gasteiger partial charge in [0.2, 0.25) is 0 Å². The van der Waals surface area contributed by atoms with Crippen molar-refractivity contribution in [3.05, 3.63) is 0 Å². The molecule has 1 unspecified atom stereocenters. The van der Waals surface area contributed by atoms with Gasteiger partial charge in [-0.15, -0.1) is 0 Å². The molecule has 0 aromatic rings. The van der Waals surface area contributed by atoms with Crippen LogP contribution in [0.1, 0.15) is 40.0 Å². The maximum atomic E-state index is 13.0. The number of likely N-dealkylation sites (tertiary alicyclic amines) is 1. The van der Waals surface area contributed by atoms with E-state index in [1.54, 1.807) is 20.8 Å². The summed E-state index contributed by atoms with van der Waals surface area (Å²) in [7, 11) is -4.51. The number of ether oxygens (including phenoxy) is 1. The van der Waals surface area contributed by atoms with Gasteiger partial charge in [-0.3, -0.25) is 0 Å². The average molecular weight is 434 g/mol. The molecule has 0 aromatic carbocycles. The fraction of sp³-hybridized carbons (Fsp3) is 0.875. The van der Waals surface area contributed by atoms with Crippen LogP contribution in [0, 0.1) is 17.2 Å². The van der Waals surface area contributed by atoms with Gasteiger partial charge < -0.3 is 9.64 Å². The van der Waals surface area contributed by atoms with E-state index in [1.807, 2.05) is 0 Å². The third-order valence-electron chi connectivity index (χ3n) is 4.25. The third kappa shape index (κ3) is 6.46. The molecule has 1 saturated heterocycles. The molecule has 1 aliphatic heterocycles. The Kier molecular flexibility index (Phi) is 7.31. The van der Waals surface area contributed by atoms with E-state index in [0.29, 0.717) is 0 Å². The van der Waals surface area contributed by atoms with Crippen LogP contribution in [0.2, 0.25) is 0 Å². The van der Waals surface area contributed by atoms with Crippen LogP contribution >= 0.6 is 0 Å². The van der Waals surface area contributed by atoms with E-state index in [9.17, 15) is 40.4 Å². The molecule has 0 aliphatic carbocycles. The summed E-state index contributed by atoms with van der Waals surface area (Å²) in [5, 5.41) is 7.48. The van der Waals surface area contributed by atoms with Crippen molar-refractivity contribution in [3.63, 3.8) is 0 Å². The van der Waals surface area contributed by atoms with Crippen LogP contribution in [-0.4, -0.2) is 61.2 Å². The molecule has 1 atom stereocenters. The fourth-order valence-electron chi connectivity index (χ4n) is 2.73. The molecule has 1 heterocycles. The first-order valence-corrected chi connectivity index (χ1v) is 10.3. The number of nitrogens with zero attached hydrogens (tertiary/aromatic N) is 2. The lowest BCUT2D eigenvalue weighted by Gasteiger charge is -2.34. The zero-order chi connectivity index (χ0) is 22.0. The number of amides is 1. The minimum Gasteiger partial charge on any atom is -0.444 e. The lowest BCUT2D eigenvalue weighted by atomic mass is 9.94. The number of carbonyl (C=O) groups is 1. The van der Waals surface area contributed by atoms with Gasteiger partial charge in [-0.2, -0.15) is 27.2 Å². The zero-order valence-electron chi connectivity index (χ0n) is 15.7.